The molecule has 0 saturated heterocycles. The van der Waals surface area contributed by atoms with Gasteiger partial charge in [0.2, 0.25) is 5.91 Å². The third-order valence-corrected chi connectivity index (χ3v) is 3.65. The minimum atomic E-state index is -0.717. The number of anilines is 1. The van der Waals surface area contributed by atoms with Crippen LogP contribution in [-0.2, 0) is 4.79 Å². The molecule has 3 nitrogen and oxygen atoms in total. The number of carbonyl (C=O) groups excluding carboxylic acids is 1. The highest BCUT2D eigenvalue weighted by atomic mass is 35.5. The molecule has 1 unspecified atom stereocenters. The van der Waals surface area contributed by atoms with Crippen LogP contribution < -0.4 is 5.32 Å². The molecule has 4 heteroatoms. The van der Waals surface area contributed by atoms with E-state index in [0.717, 1.165) is 16.5 Å². The van der Waals surface area contributed by atoms with Gasteiger partial charge in [-0.15, -0.1) is 11.6 Å². The molecule has 1 aromatic heterocycles. The number of hydrogen-bond donors (Lipinski definition) is 1. The van der Waals surface area contributed by atoms with Crippen LogP contribution in [0.2, 0.25) is 0 Å². The number of nitrogens with zero attached hydrogens (tertiary/aromatic N) is 1. The van der Waals surface area contributed by atoms with Gasteiger partial charge in [0.05, 0.1) is 5.52 Å². The molecule has 0 radical (unpaired) electrons. The molecule has 3 aromatic rings. The molecule has 0 aliphatic carbocycles. The summed E-state index contributed by atoms with van der Waals surface area (Å²) >= 11 is 6.20. The largest absolute Gasteiger partial charge is 0.324 e. The highest BCUT2D eigenvalue weighted by Crippen LogP contribution is 2.23. The predicted octanol–water partition coefficient (Wildman–Crippen LogP) is 4.15. The average molecular weight is 297 g/mol. The predicted molar refractivity (Wildman–Crippen MR) is 85.4 cm³/mol. The van der Waals surface area contributed by atoms with Crippen molar-refractivity contribution in [3.63, 3.8) is 0 Å². The molecule has 0 bridgehead atoms. The van der Waals surface area contributed by atoms with Gasteiger partial charge in [0.1, 0.15) is 5.38 Å². The molecule has 0 spiro atoms. The molecular formula is C17H13ClN2O. The van der Waals surface area contributed by atoms with Crippen LogP contribution in [0.4, 0.5) is 5.69 Å². The molecule has 2 aromatic carbocycles. The Morgan fingerprint density at radius 3 is 2.67 bits per heavy atom. The molecule has 0 aliphatic rings. The monoisotopic (exact) mass is 296 g/mol. The van der Waals surface area contributed by atoms with E-state index in [9.17, 15) is 4.79 Å². The smallest absolute Gasteiger partial charge is 0.246 e. The van der Waals surface area contributed by atoms with Crippen LogP contribution >= 0.6 is 11.6 Å². The number of halogens is 1. The Hall–Kier alpha value is -2.39. The Morgan fingerprint density at radius 2 is 1.86 bits per heavy atom. The highest BCUT2D eigenvalue weighted by Gasteiger charge is 2.17. The van der Waals surface area contributed by atoms with Crippen LogP contribution in [0.15, 0.2) is 66.9 Å². The van der Waals surface area contributed by atoms with Crippen LogP contribution in [0, 0.1) is 0 Å². The summed E-state index contributed by atoms with van der Waals surface area (Å²) in [5.41, 5.74) is 2.30. The van der Waals surface area contributed by atoms with Crippen LogP contribution in [0.1, 0.15) is 10.9 Å². The second-order valence-corrected chi connectivity index (χ2v) is 5.11. The molecule has 21 heavy (non-hydrogen) atoms. The lowest BCUT2D eigenvalue weighted by molar-refractivity contribution is -0.116. The maximum atomic E-state index is 12.2. The number of fused-ring (bicyclic) bond motifs is 1. The first-order valence-electron chi connectivity index (χ1n) is 6.59. The molecule has 1 amide bonds. The van der Waals surface area contributed by atoms with Crippen molar-refractivity contribution in [1.82, 2.24) is 4.98 Å². The topological polar surface area (TPSA) is 42.0 Å². The number of alkyl halides is 1. The first-order valence-corrected chi connectivity index (χ1v) is 7.02. The van der Waals surface area contributed by atoms with E-state index in [1.54, 1.807) is 6.20 Å². The van der Waals surface area contributed by atoms with Crippen LogP contribution in [0.3, 0.4) is 0 Å². The van der Waals surface area contributed by atoms with E-state index in [4.69, 9.17) is 11.6 Å². The number of aromatic nitrogens is 1. The van der Waals surface area contributed by atoms with E-state index in [0.29, 0.717) is 5.69 Å². The van der Waals surface area contributed by atoms with E-state index in [2.05, 4.69) is 10.3 Å². The molecule has 0 aliphatic heterocycles. The van der Waals surface area contributed by atoms with Crippen LogP contribution in [-0.4, -0.2) is 10.9 Å². The molecule has 0 saturated carbocycles. The van der Waals surface area contributed by atoms with Crippen LogP contribution in [0.5, 0.6) is 0 Å². The van der Waals surface area contributed by atoms with Crippen molar-refractivity contribution in [1.29, 1.82) is 0 Å². The lowest BCUT2D eigenvalue weighted by atomic mass is 10.1. The fourth-order valence-corrected chi connectivity index (χ4v) is 2.32. The van der Waals surface area contributed by atoms with Gasteiger partial charge in [-0.05, 0) is 23.8 Å². The van der Waals surface area contributed by atoms with Crippen molar-refractivity contribution in [3.05, 3.63) is 72.4 Å². The van der Waals surface area contributed by atoms with Crippen molar-refractivity contribution in [2.45, 2.75) is 5.38 Å². The van der Waals surface area contributed by atoms with E-state index in [-0.39, 0.29) is 5.91 Å². The number of pyridine rings is 1. The van der Waals surface area contributed by atoms with Crippen molar-refractivity contribution in [2.24, 2.45) is 0 Å². The maximum Gasteiger partial charge on any atom is 0.246 e. The Labute approximate surface area is 127 Å². The number of nitrogens with one attached hydrogen (secondary N) is 1. The highest BCUT2D eigenvalue weighted by molar-refractivity contribution is 6.32. The Balaban J connectivity index is 1.80. The minimum absolute atomic E-state index is 0.252. The fraction of sp³-hybridized carbons (Fsp3) is 0.0588. The molecule has 104 valence electrons. The Bertz CT molecular complexity index is 774. The first-order chi connectivity index (χ1) is 10.2. The minimum Gasteiger partial charge on any atom is -0.324 e. The SMILES string of the molecule is O=C(Nc1ccc2cccnc2c1)C(Cl)c1ccccc1. The lowest BCUT2D eigenvalue weighted by Crippen LogP contribution is -2.17. The van der Waals surface area contributed by atoms with Gasteiger partial charge in [-0.1, -0.05) is 42.5 Å². The normalized spacial score (nSPS) is 12.0. The average Bonchev–Trinajstić information content (AvgIpc) is 2.55. The summed E-state index contributed by atoms with van der Waals surface area (Å²) in [6.45, 7) is 0. The zero-order chi connectivity index (χ0) is 14.7. The number of rotatable bonds is 3. The fourth-order valence-electron chi connectivity index (χ4n) is 2.12. The van der Waals surface area contributed by atoms with E-state index >= 15 is 0 Å². The molecule has 3 rings (SSSR count). The summed E-state index contributed by atoms with van der Waals surface area (Å²) < 4.78 is 0. The number of amides is 1. The summed E-state index contributed by atoms with van der Waals surface area (Å²) in [5.74, 6) is -0.252. The van der Waals surface area contributed by atoms with Gasteiger partial charge in [-0.2, -0.15) is 0 Å². The van der Waals surface area contributed by atoms with Crippen molar-refractivity contribution < 1.29 is 4.79 Å². The number of benzene rings is 2. The molecule has 1 atom stereocenters. The summed E-state index contributed by atoms with van der Waals surface area (Å²) in [7, 11) is 0. The zero-order valence-corrected chi connectivity index (χ0v) is 11.9. The van der Waals surface area contributed by atoms with Gasteiger partial charge >= 0.3 is 0 Å². The third-order valence-electron chi connectivity index (χ3n) is 3.20. The molecule has 1 heterocycles. The van der Waals surface area contributed by atoms with Crippen molar-refractivity contribution in [2.75, 3.05) is 5.32 Å². The second kappa shape index (κ2) is 5.94. The Kier molecular flexibility index (Phi) is 3.84. The summed E-state index contributed by atoms with van der Waals surface area (Å²) in [5, 5.41) is 3.13. The zero-order valence-electron chi connectivity index (χ0n) is 11.2. The lowest BCUT2D eigenvalue weighted by Gasteiger charge is -2.11. The van der Waals surface area contributed by atoms with Crippen molar-refractivity contribution in [3.8, 4) is 0 Å². The van der Waals surface area contributed by atoms with Crippen molar-refractivity contribution >= 4 is 34.1 Å². The molecule has 0 fully saturated rings. The first kappa shape index (κ1) is 13.6. The van der Waals surface area contributed by atoms with Gasteiger partial charge in [0.25, 0.3) is 0 Å². The van der Waals surface area contributed by atoms with Gasteiger partial charge < -0.3 is 5.32 Å². The maximum absolute atomic E-state index is 12.2. The van der Waals surface area contributed by atoms with Crippen LogP contribution in [0.25, 0.3) is 10.9 Å². The van der Waals surface area contributed by atoms with Gasteiger partial charge in [-0.25, -0.2) is 0 Å². The second-order valence-electron chi connectivity index (χ2n) is 4.67. The third kappa shape index (κ3) is 3.03. The van der Waals surface area contributed by atoms with E-state index in [1.165, 1.54) is 0 Å². The van der Waals surface area contributed by atoms with Gasteiger partial charge in [0, 0.05) is 17.3 Å². The molecular weight excluding hydrogens is 284 g/mol. The van der Waals surface area contributed by atoms with Gasteiger partial charge in [-0.3, -0.25) is 9.78 Å². The van der Waals surface area contributed by atoms with E-state index in [1.807, 2.05) is 60.7 Å². The number of hydrogen-bond acceptors (Lipinski definition) is 2. The summed E-state index contributed by atoms with van der Waals surface area (Å²) in [6.07, 6.45) is 1.72. The van der Waals surface area contributed by atoms with E-state index < -0.39 is 5.38 Å². The quantitative estimate of drug-likeness (QED) is 0.738. The van der Waals surface area contributed by atoms with Gasteiger partial charge in [0.15, 0.2) is 0 Å². The summed E-state index contributed by atoms with van der Waals surface area (Å²) in [6, 6.07) is 18.7. The molecule has 1 N–H and O–H groups in total. The Morgan fingerprint density at radius 1 is 1.05 bits per heavy atom. The standard InChI is InChI=1S/C17H13ClN2O/c18-16(13-5-2-1-3-6-13)17(21)20-14-9-8-12-7-4-10-19-15(12)11-14/h1-11,16H,(H,20,21). The summed E-state index contributed by atoms with van der Waals surface area (Å²) in [4.78, 5) is 16.5. The number of carbonyl (C=O) groups is 1.